The molecule has 14 heteroatoms. The van der Waals surface area contributed by atoms with Crippen molar-refractivity contribution < 1.29 is 31.2 Å². The van der Waals surface area contributed by atoms with Gasteiger partial charge in [-0.25, -0.2) is 8.42 Å². The van der Waals surface area contributed by atoms with Crippen molar-refractivity contribution in [1.29, 1.82) is 0 Å². The zero-order valence-electron chi connectivity index (χ0n) is 23.3. The Bertz CT molecular complexity index is 1570. The van der Waals surface area contributed by atoms with E-state index < -0.39 is 56.9 Å². The number of benzene rings is 3. The Balaban J connectivity index is 2.10. The Hall–Kier alpha value is -2.99. The molecule has 0 aliphatic rings. The van der Waals surface area contributed by atoms with E-state index >= 15 is 0 Å². The van der Waals surface area contributed by atoms with Gasteiger partial charge in [-0.1, -0.05) is 72.9 Å². The normalized spacial score (nSPS) is 12.6. The fraction of sp³-hybridized carbons (Fsp3) is 0.310. The van der Waals surface area contributed by atoms with Gasteiger partial charge >= 0.3 is 6.18 Å². The molecule has 3 aromatic carbocycles. The maximum Gasteiger partial charge on any atom is 0.417 e. The molecule has 7 nitrogen and oxygen atoms in total. The van der Waals surface area contributed by atoms with Crippen molar-refractivity contribution >= 4 is 62.3 Å². The Kier molecular flexibility index (Phi) is 11.4. The van der Waals surface area contributed by atoms with E-state index in [0.717, 1.165) is 17.0 Å². The van der Waals surface area contributed by atoms with Gasteiger partial charge in [-0.05, 0) is 60.9 Å². The van der Waals surface area contributed by atoms with Crippen molar-refractivity contribution in [1.82, 2.24) is 10.2 Å². The third-order valence-electron chi connectivity index (χ3n) is 6.34. The molecule has 0 saturated heterocycles. The molecule has 1 atom stereocenters. The molecule has 1 N–H and O–H groups in total. The Morgan fingerprint density at radius 2 is 1.51 bits per heavy atom. The van der Waals surface area contributed by atoms with Crippen LogP contribution in [0.15, 0.2) is 71.6 Å². The van der Waals surface area contributed by atoms with Crippen LogP contribution < -0.4 is 9.62 Å². The first-order valence-corrected chi connectivity index (χ1v) is 15.6. The SMILES string of the molecule is CC(C)CNC(=O)[C@@H](C)N(Cc1ccc(Cl)c(Cl)c1)C(=O)CN(c1ccc(Cl)c(C(F)(F)F)c1)S(=O)(=O)c1ccccc1. The molecule has 232 valence electrons. The first-order chi connectivity index (χ1) is 20.0. The van der Waals surface area contributed by atoms with Crippen molar-refractivity contribution in [2.45, 2.75) is 44.4 Å². The number of sulfonamides is 1. The molecule has 0 aliphatic heterocycles. The molecule has 43 heavy (non-hydrogen) atoms. The van der Waals surface area contributed by atoms with Crippen LogP contribution in [-0.2, 0) is 32.3 Å². The lowest BCUT2D eigenvalue weighted by Gasteiger charge is -2.32. The summed E-state index contributed by atoms with van der Waals surface area (Å²) in [5.41, 5.74) is -1.24. The monoisotopic (exact) mass is 677 g/mol. The zero-order valence-corrected chi connectivity index (χ0v) is 26.4. The minimum atomic E-state index is -4.90. The van der Waals surface area contributed by atoms with E-state index in [1.807, 2.05) is 13.8 Å². The summed E-state index contributed by atoms with van der Waals surface area (Å²) in [5.74, 6) is -1.26. The van der Waals surface area contributed by atoms with Crippen molar-refractivity contribution in [3.8, 4) is 0 Å². The van der Waals surface area contributed by atoms with Gasteiger partial charge in [0.15, 0.2) is 0 Å². The fourth-order valence-corrected chi connectivity index (χ4v) is 5.98. The second-order valence-corrected chi connectivity index (χ2v) is 13.2. The van der Waals surface area contributed by atoms with Crippen LogP contribution in [-0.4, -0.2) is 44.3 Å². The minimum Gasteiger partial charge on any atom is -0.354 e. The summed E-state index contributed by atoms with van der Waals surface area (Å²) in [5, 5.41) is 2.55. The molecule has 2 amide bonds. The molecular formula is C29H29Cl3F3N3O4S. The van der Waals surface area contributed by atoms with Crippen LogP contribution in [0.2, 0.25) is 15.1 Å². The van der Waals surface area contributed by atoms with Gasteiger partial charge < -0.3 is 10.2 Å². The summed E-state index contributed by atoms with van der Waals surface area (Å²) in [6.07, 6.45) is -4.90. The molecule has 0 aliphatic carbocycles. The minimum absolute atomic E-state index is 0.106. The summed E-state index contributed by atoms with van der Waals surface area (Å²) in [6.45, 7) is 4.44. The highest BCUT2D eigenvalue weighted by Gasteiger charge is 2.37. The van der Waals surface area contributed by atoms with Crippen LogP contribution in [0.5, 0.6) is 0 Å². The number of hydrogen-bond donors (Lipinski definition) is 1. The number of alkyl halides is 3. The molecule has 3 aromatic rings. The maximum absolute atomic E-state index is 13.9. The van der Waals surface area contributed by atoms with Gasteiger partial charge in [0.05, 0.1) is 31.2 Å². The summed E-state index contributed by atoms with van der Waals surface area (Å²) in [4.78, 5) is 27.8. The van der Waals surface area contributed by atoms with E-state index in [4.69, 9.17) is 34.8 Å². The Morgan fingerprint density at radius 3 is 2.09 bits per heavy atom. The van der Waals surface area contributed by atoms with Crippen molar-refractivity contribution in [3.63, 3.8) is 0 Å². The number of halogens is 6. The number of rotatable bonds is 11. The van der Waals surface area contributed by atoms with Gasteiger partial charge in [-0.15, -0.1) is 0 Å². The van der Waals surface area contributed by atoms with Crippen LogP contribution in [0.3, 0.4) is 0 Å². The van der Waals surface area contributed by atoms with E-state index in [-0.39, 0.29) is 27.4 Å². The molecule has 0 heterocycles. The van der Waals surface area contributed by atoms with Gasteiger partial charge in [-0.2, -0.15) is 13.2 Å². The molecule has 0 bridgehead atoms. The first-order valence-electron chi connectivity index (χ1n) is 13.0. The van der Waals surface area contributed by atoms with E-state index in [1.165, 1.54) is 43.3 Å². The molecule has 0 aromatic heterocycles. The summed E-state index contributed by atoms with van der Waals surface area (Å²) in [7, 11) is -4.57. The fourth-order valence-electron chi connectivity index (χ4n) is 4.00. The lowest BCUT2D eigenvalue weighted by molar-refractivity contribution is -0.139. The van der Waals surface area contributed by atoms with Crippen LogP contribution in [0, 0.1) is 5.92 Å². The quantitative estimate of drug-likeness (QED) is 0.236. The highest BCUT2D eigenvalue weighted by Crippen LogP contribution is 2.38. The van der Waals surface area contributed by atoms with Crippen molar-refractivity contribution in [2.24, 2.45) is 5.92 Å². The molecule has 3 rings (SSSR count). The van der Waals surface area contributed by atoms with Gasteiger partial charge in [0.2, 0.25) is 11.8 Å². The average Bonchev–Trinajstić information content (AvgIpc) is 2.94. The second kappa shape index (κ2) is 14.2. The standard InChI is InChI=1S/C29H29Cl3F3N3O4S/c1-18(2)15-36-28(40)19(3)37(16-20-9-11-25(31)26(32)13-20)27(39)17-38(43(41,42)22-7-5-4-6-8-22)21-10-12-24(30)23(14-21)29(33,34)35/h4-14,18-19H,15-17H2,1-3H3,(H,36,40)/t19-/m1/s1. The van der Waals surface area contributed by atoms with Gasteiger partial charge in [0.25, 0.3) is 10.0 Å². The third-order valence-corrected chi connectivity index (χ3v) is 9.20. The number of carbonyl (C=O) groups excluding carboxylic acids is 2. The second-order valence-electron chi connectivity index (χ2n) is 10.1. The van der Waals surface area contributed by atoms with Crippen LogP contribution in [0.4, 0.5) is 18.9 Å². The van der Waals surface area contributed by atoms with Crippen LogP contribution >= 0.6 is 34.8 Å². The predicted octanol–water partition coefficient (Wildman–Crippen LogP) is 7.05. The van der Waals surface area contributed by atoms with Crippen LogP contribution in [0.25, 0.3) is 0 Å². The zero-order chi connectivity index (χ0) is 32.1. The Labute approximate surface area is 263 Å². The molecule has 0 saturated carbocycles. The van der Waals surface area contributed by atoms with Crippen LogP contribution in [0.1, 0.15) is 31.9 Å². The van der Waals surface area contributed by atoms with Gasteiger partial charge in [0.1, 0.15) is 12.6 Å². The first kappa shape index (κ1) is 34.5. The molecule has 0 spiro atoms. The largest absolute Gasteiger partial charge is 0.417 e. The molecule has 0 unspecified atom stereocenters. The molecular weight excluding hydrogens is 650 g/mol. The molecule has 0 fully saturated rings. The number of carbonyl (C=O) groups is 2. The summed E-state index contributed by atoms with van der Waals surface area (Å²) >= 11 is 18.0. The number of hydrogen-bond acceptors (Lipinski definition) is 4. The topological polar surface area (TPSA) is 86.8 Å². The lowest BCUT2D eigenvalue weighted by Crippen LogP contribution is -2.51. The third kappa shape index (κ3) is 8.78. The van der Waals surface area contributed by atoms with Crippen molar-refractivity contribution in [3.05, 3.63) is 92.9 Å². The average molecular weight is 679 g/mol. The molecule has 0 radical (unpaired) electrons. The van der Waals surface area contributed by atoms with E-state index in [1.54, 1.807) is 12.1 Å². The number of amides is 2. The van der Waals surface area contributed by atoms with Gasteiger partial charge in [0, 0.05) is 13.1 Å². The maximum atomic E-state index is 13.9. The number of nitrogens with zero attached hydrogens (tertiary/aromatic N) is 2. The number of nitrogens with one attached hydrogen (secondary N) is 1. The predicted molar refractivity (Wildman–Crippen MR) is 162 cm³/mol. The summed E-state index contributed by atoms with van der Waals surface area (Å²) < 4.78 is 69.4. The van der Waals surface area contributed by atoms with E-state index in [9.17, 15) is 31.2 Å². The van der Waals surface area contributed by atoms with E-state index in [2.05, 4.69) is 5.32 Å². The van der Waals surface area contributed by atoms with Gasteiger partial charge in [-0.3, -0.25) is 13.9 Å². The van der Waals surface area contributed by atoms with E-state index in [0.29, 0.717) is 22.5 Å². The highest BCUT2D eigenvalue weighted by atomic mass is 35.5. The highest BCUT2D eigenvalue weighted by molar-refractivity contribution is 7.92. The summed E-state index contributed by atoms with van der Waals surface area (Å²) in [6, 6.07) is 13.0. The lowest BCUT2D eigenvalue weighted by atomic mass is 10.1. The number of anilines is 1. The smallest absolute Gasteiger partial charge is 0.354 e. The van der Waals surface area contributed by atoms with Crippen molar-refractivity contribution in [2.75, 3.05) is 17.4 Å². The Morgan fingerprint density at radius 1 is 0.884 bits per heavy atom.